The first-order valence-electron chi connectivity index (χ1n) is 6.52. The Bertz CT molecular complexity index is 612. The second kappa shape index (κ2) is 5.97. The Morgan fingerprint density at radius 3 is 2.35 bits per heavy atom. The van der Waals surface area contributed by atoms with Crippen molar-refractivity contribution in [1.29, 1.82) is 0 Å². The minimum absolute atomic E-state index is 0.592. The molecule has 0 radical (unpaired) electrons. The standard InChI is InChI=1S/C17H15N2O/c1-3-7-15(8-4-1)13-19-12-11-18-17(14-19)20-16-9-5-2-6-10-16/h1-12,14H,13H2/q+1. The van der Waals surface area contributed by atoms with Crippen LogP contribution in [-0.4, -0.2) is 4.98 Å². The Morgan fingerprint density at radius 1 is 0.900 bits per heavy atom. The van der Waals surface area contributed by atoms with Crippen LogP contribution in [0, 0.1) is 0 Å². The summed E-state index contributed by atoms with van der Waals surface area (Å²) in [5.74, 6) is 1.38. The zero-order valence-corrected chi connectivity index (χ0v) is 11.0. The summed E-state index contributed by atoms with van der Waals surface area (Å²) in [6.45, 7) is 0.800. The van der Waals surface area contributed by atoms with Gasteiger partial charge in [0.05, 0.1) is 6.20 Å². The fraction of sp³-hybridized carbons (Fsp3) is 0.0588. The maximum atomic E-state index is 5.72. The van der Waals surface area contributed by atoms with Crippen molar-refractivity contribution in [2.24, 2.45) is 0 Å². The van der Waals surface area contributed by atoms with Crippen LogP contribution in [0.25, 0.3) is 0 Å². The highest BCUT2D eigenvalue weighted by Gasteiger charge is 2.06. The second-order valence-corrected chi connectivity index (χ2v) is 4.47. The van der Waals surface area contributed by atoms with E-state index in [9.17, 15) is 0 Å². The van der Waals surface area contributed by atoms with E-state index in [1.807, 2.05) is 60.9 Å². The minimum Gasteiger partial charge on any atom is -0.434 e. The first-order valence-corrected chi connectivity index (χ1v) is 6.52. The molecule has 2 aromatic carbocycles. The first-order chi connectivity index (χ1) is 9.90. The molecule has 0 aliphatic rings. The normalized spacial score (nSPS) is 10.2. The number of benzene rings is 2. The molecule has 1 aromatic heterocycles. The zero-order chi connectivity index (χ0) is 13.6. The van der Waals surface area contributed by atoms with Crippen molar-refractivity contribution in [2.45, 2.75) is 6.54 Å². The van der Waals surface area contributed by atoms with Gasteiger partial charge in [-0.05, 0) is 12.1 Å². The molecule has 3 nitrogen and oxygen atoms in total. The van der Waals surface area contributed by atoms with Crippen LogP contribution in [0.5, 0.6) is 11.6 Å². The molecule has 0 aliphatic carbocycles. The summed E-state index contributed by atoms with van der Waals surface area (Å²) in [6.07, 6.45) is 5.59. The van der Waals surface area contributed by atoms with Crippen LogP contribution >= 0.6 is 0 Å². The van der Waals surface area contributed by atoms with Crippen molar-refractivity contribution in [3.63, 3.8) is 0 Å². The summed E-state index contributed by atoms with van der Waals surface area (Å²) < 4.78 is 7.78. The van der Waals surface area contributed by atoms with Crippen LogP contribution in [0.15, 0.2) is 79.3 Å². The average Bonchev–Trinajstić information content (AvgIpc) is 2.50. The van der Waals surface area contributed by atoms with Gasteiger partial charge in [0.1, 0.15) is 5.75 Å². The summed E-state index contributed by atoms with van der Waals surface area (Å²) in [7, 11) is 0. The molecule has 0 spiro atoms. The van der Waals surface area contributed by atoms with Gasteiger partial charge in [0.2, 0.25) is 6.20 Å². The molecule has 0 aliphatic heterocycles. The molecule has 1 heterocycles. The summed E-state index contributed by atoms with van der Waals surface area (Å²) >= 11 is 0. The molecule has 3 heteroatoms. The predicted molar refractivity (Wildman–Crippen MR) is 76.5 cm³/mol. The van der Waals surface area contributed by atoms with Crippen molar-refractivity contribution < 1.29 is 9.30 Å². The van der Waals surface area contributed by atoms with Gasteiger partial charge in [-0.25, -0.2) is 4.98 Å². The van der Waals surface area contributed by atoms with E-state index in [2.05, 4.69) is 21.7 Å². The fourth-order valence-corrected chi connectivity index (χ4v) is 1.97. The molecule has 98 valence electrons. The van der Waals surface area contributed by atoms with Gasteiger partial charge in [-0.3, -0.25) is 0 Å². The largest absolute Gasteiger partial charge is 0.434 e. The van der Waals surface area contributed by atoms with Gasteiger partial charge in [0.25, 0.3) is 5.88 Å². The number of nitrogens with zero attached hydrogens (tertiary/aromatic N) is 2. The number of hydrogen-bond acceptors (Lipinski definition) is 2. The number of para-hydroxylation sites is 1. The van der Waals surface area contributed by atoms with Crippen LogP contribution < -0.4 is 9.30 Å². The Kier molecular flexibility index (Phi) is 3.69. The molecule has 0 bridgehead atoms. The quantitative estimate of drug-likeness (QED) is 0.676. The number of ether oxygens (including phenoxy) is 1. The lowest BCUT2D eigenvalue weighted by Gasteiger charge is -2.03. The molecule has 0 fully saturated rings. The van der Waals surface area contributed by atoms with Crippen LogP contribution in [0.3, 0.4) is 0 Å². The monoisotopic (exact) mass is 263 g/mol. The van der Waals surface area contributed by atoms with Gasteiger partial charge in [-0.15, -0.1) is 0 Å². The van der Waals surface area contributed by atoms with Crippen molar-refractivity contribution in [3.05, 3.63) is 84.8 Å². The number of aromatic nitrogens is 2. The maximum Gasteiger partial charge on any atom is 0.285 e. The van der Waals surface area contributed by atoms with Crippen molar-refractivity contribution in [1.82, 2.24) is 4.98 Å². The Hall–Kier alpha value is -2.68. The molecular weight excluding hydrogens is 248 g/mol. The van der Waals surface area contributed by atoms with E-state index in [0.29, 0.717) is 5.88 Å². The summed E-state index contributed by atoms with van der Waals surface area (Å²) in [6, 6.07) is 20.0. The predicted octanol–water partition coefficient (Wildman–Crippen LogP) is 3.21. The Morgan fingerprint density at radius 2 is 1.60 bits per heavy atom. The molecular formula is C17H15N2O+. The lowest BCUT2D eigenvalue weighted by atomic mass is 10.2. The van der Waals surface area contributed by atoms with E-state index >= 15 is 0 Å². The van der Waals surface area contributed by atoms with Crippen LogP contribution in [0.2, 0.25) is 0 Å². The van der Waals surface area contributed by atoms with Gasteiger partial charge in [-0.1, -0.05) is 48.5 Å². The highest BCUT2D eigenvalue weighted by molar-refractivity contribution is 5.24. The molecule has 0 N–H and O–H groups in total. The summed E-state index contributed by atoms with van der Waals surface area (Å²) in [5, 5.41) is 0. The molecule has 0 atom stereocenters. The topological polar surface area (TPSA) is 26.0 Å². The Labute approximate surface area is 118 Å². The van der Waals surface area contributed by atoms with E-state index in [0.717, 1.165) is 12.3 Å². The first kappa shape index (κ1) is 12.4. The van der Waals surface area contributed by atoms with Crippen LogP contribution in [0.4, 0.5) is 0 Å². The van der Waals surface area contributed by atoms with Gasteiger partial charge in [-0.2, -0.15) is 4.57 Å². The van der Waals surface area contributed by atoms with Crippen molar-refractivity contribution in [3.8, 4) is 11.6 Å². The molecule has 0 saturated heterocycles. The van der Waals surface area contributed by atoms with Gasteiger partial charge in [0, 0.05) is 5.56 Å². The second-order valence-electron chi connectivity index (χ2n) is 4.47. The smallest absolute Gasteiger partial charge is 0.285 e. The van der Waals surface area contributed by atoms with Gasteiger partial charge >= 0.3 is 0 Å². The van der Waals surface area contributed by atoms with Crippen LogP contribution in [-0.2, 0) is 6.54 Å². The Balaban J connectivity index is 1.76. The highest BCUT2D eigenvalue weighted by Crippen LogP contribution is 2.16. The molecule has 20 heavy (non-hydrogen) atoms. The molecule has 3 rings (SSSR count). The summed E-state index contributed by atoms with van der Waals surface area (Å²) in [5.41, 5.74) is 1.24. The van der Waals surface area contributed by atoms with Crippen LogP contribution in [0.1, 0.15) is 5.56 Å². The number of hydrogen-bond donors (Lipinski definition) is 0. The lowest BCUT2D eigenvalue weighted by Crippen LogP contribution is -2.33. The third kappa shape index (κ3) is 3.20. The van der Waals surface area contributed by atoms with E-state index < -0.39 is 0 Å². The average molecular weight is 263 g/mol. The molecule has 0 saturated carbocycles. The lowest BCUT2D eigenvalue weighted by molar-refractivity contribution is -0.689. The summed E-state index contributed by atoms with van der Waals surface area (Å²) in [4.78, 5) is 4.23. The minimum atomic E-state index is 0.592. The molecule has 0 amide bonds. The van der Waals surface area contributed by atoms with E-state index in [4.69, 9.17) is 4.74 Å². The number of rotatable bonds is 4. The molecule has 3 aromatic rings. The maximum absolute atomic E-state index is 5.72. The highest BCUT2D eigenvalue weighted by atomic mass is 16.5. The SMILES string of the molecule is c1ccc(C[n+]2ccnc(Oc3ccccc3)c2)cc1. The van der Waals surface area contributed by atoms with Crippen molar-refractivity contribution >= 4 is 0 Å². The van der Waals surface area contributed by atoms with Gasteiger partial charge in [0.15, 0.2) is 12.7 Å². The van der Waals surface area contributed by atoms with E-state index in [1.54, 1.807) is 6.20 Å². The van der Waals surface area contributed by atoms with Gasteiger partial charge < -0.3 is 4.74 Å². The van der Waals surface area contributed by atoms with E-state index in [-0.39, 0.29) is 0 Å². The third-order valence-electron chi connectivity index (χ3n) is 2.91. The van der Waals surface area contributed by atoms with E-state index in [1.165, 1.54) is 5.56 Å². The fourth-order valence-electron chi connectivity index (χ4n) is 1.97. The molecule has 0 unspecified atom stereocenters. The van der Waals surface area contributed by atoms with Crippen molar-refractivity contribution in [2.75, 3.05) is 0 Å². The zero-order valence-electron chi connectivity index (χ0n) is 11.0. The third-order valence-corrected chi connectivity index (χ3v) is 2.91.